The van der Waals surface area contributed by atoms with Gasteiger partial charge in [0, 0.05) is 149 Å². The van der Waals surface area contributed by atoms with E-state index in [0.29, 0.717) is 89.2 Å². The topological polar surface area (TPSA) is 475 Å². The molecule has 4 aromatic heterocycles. The number of hydrogen-bond donors (Lipinski definition) is 10. The number of piperidine rings is 1. The minimum Gasteiger partial charge on any atom is -0.490 e. The highest BCUT2D eigenvalue weighted by Crippen LogP contribution is 2.46. The van der Waals surface area contributed by atoms with Crippen LogP contribution in [-0.2, 0) is 99.6 Å². The summed E-state index contributed by atoms with van der Waals surface area (Å²) >= 11 is 1.45. The summed E-state index contributed by atoms with van der Waals surface area (Å²) in [6.45, 7) is 7.60. The molecule has 1 aliphatic carbocycles. The van der Waals surface area contributed by atoms with E-state index in [1.165, 1.54) is 50.0 Å². The van der Waals surface area contributed by atoms with E-state index in [0.717, 1.165) is 33.5 Å². The molecule has 40 heteroatoms. The molecular formula is C87H106F2N16O20S2. The van der Waals surface area contributed by atoms with Crippen LogP contribution in [0.2, 0.25) is 0 Å². The molecule has 3 fully saturated rings. The number of thiazole rings is 1. The number of H-pyrrole nitrogens is 1. The van der Waals surface area contributed by atoms with Crippen molar-refractivity contribution in [2.24, 2.45) is 23.6 Å². The van der Waals surface area contributed by atoms with Crippen LogP contribution in [0.4, 0.5) is 35.6 Å². The van der Waals surface area contributed by atoms with Crippen LogP contribution in [0.25, 0.3) is 32.5 Å². The Labute approximate surface area is 735 Å². The summed E-state index contributed by atoms with van der Waals surface area (Å²) in [6.07, 6.45) is 9.45. The molecule has 5 aliphatic rings. The number of aliphatic hydroxyl groups excluding tert-OH is 1. The number of aliphatic hydroxyl groups is 1. The average molecular weight is 1800 g/mol. The number of amides is 12. The maximum atomic E-state index is 15.7. The van der Waals surface area contributed by atoms with Crippen molar-refractivity contribution >= 4 is 115 Å². The highest BCUT2D eigenvalue weighted by Gasteiger charge is 2.52. The molecule has 0 bridgehead atoms. The highest BCUT2D eigenvalue weighted by atomic mass is 32.2. The number of primary amides is 1. The number of hydrogen-bond acceptors (Lipinski definition) is 24. The molecule has 1 saturated carbocycles. The fourth-order valence-corrected chi connectivity index (χ4v) is 17.4. The number of aromatic nitrogens is 4. The standard InChI is InChI=1S/C87H106F2N16O20S2/c1-51-74(126-50-97-51)53-15-16-54(68(37-53)125-60-21-29-102(30-22-60)85(118)124-47-52-13-17-58(18-14-52)98-78(111)65(12-10-26-93-84(90)117)99-83(116)87(23-11-24-87)82(115)92-25-8-7-9-28-103-70(108)19-20-71(103)109)41-96-79(112)67-39-59(106)45-105(67)81(114)75(86(2,3)4)100-69(107)48-123-35-34-122-33-32-121-31-27-91-77(110)61-40-66-62(36-55(61)49-127(6,119)120)63-46-101(5)80(113)73-72(63)56(42-94-73)44-104(66)76-64(89)38-57(88)43-95-76/h13-20,36-38,40,42-43,46,50,59-60,65,67,75,94,106H,7-12,21-35,39,41,44-45,47-49H2,1-6H3,(H,91,110)(H,92,115)(H,96,112)(H,98,111)(H,99,116)(H,100,107)(H3,90,93,117)/t59-,65+,67+,75-/m1/s1. The SMILES string of the molecule is Cc1ncsc1-c1ccc(CNC(=O)[C@@H]2C[C@@H](O)CN2C(=O)[C@@H](NC(=O)COCCOCCOCCNC(=O)c2cc3c(cc2CS(C)(=O)=O)-c2cn(C)c(=O)c4[nH]cc(c24)CN3c2ncc(F)cc2F)C(C)(C)C)c(OC2CCN(C(=O)OCc3ccc(NC(=O)[C@H](CCCNC(N)=O)NC(=O)C4(C(=O)NCCCCCN5C(=O)C=CC5=O)CCC4)cc3)CC2)c1. The molecule has 8 heterocycles. The number of urea groups is 1. The van der Waals surface area contributed by atoms with E-state index in [1.807, 2.05) is 25.1 Å². The Bertz CT molecular complexity index is 5470. The van der Waals surface area contributed by atoms with Gasteiger partial charge in [-0.3, -0.25) is 52.8 Å². The van der Waals surface area contributed by atoms with Gasteiger partial charge >= 0.3 is 12.1 Å². The van der Waals surface area contributed by atoms with Crippen LogP contribution >= 0.6 is 11.3 Å². The second kappa shape index (κ2) is 42.0. The third-order valence-electron chi connectivity index (χ3n) is 22.7. The number of ether oxygens (including phenoxy) is 5. The van der Waals surface area contributed by atoms with Crippen LogP contribution in [0.15, 0.2) is 102 Å². The lowest BCUT2D eigenvalue weighted by Gasteiger charge is -2.39. The number of pyridine rings is 2. The van der Waals surface area contributed by atoms with E-state index < -0.39 is 122 Å². The first-order valence-electron chi connectivity index (χ1n) is 42.0. The van der Waals surface area contributed by atoms with Gasteiger partial charge in [0.15, 0.2) is 21.5 Å². The van der Waals surface area contributed by atoms with Crippen molar-refractivity contribution in [2.75, 3.05) is 102 Å². The Hall–Kier alpha value is -12.1. The summed E-state index contributed by atoms with van der Waals surface area (Å²) in [7, 11) is -2.22. The van der Waals surface area contributed by atoms with Crippen molar-refractivity contribution in [1.29, 1.82) is 0 Å². The van der Waals surface area contributed by atoms with Crippen molar-refractivity contribution in [3.8, 4) is 27.3 Å². The van der Waals surface area contributed by atoms with Gasteiger partial charge in [-0.15, -0.1) is 11.3 Å². The number of likely N-dealkylation sites (tertiary alicyclic amines) is 2. The number of β-amino-alcohol motifs (C(OH)–C–C–N with tert-alkyl or cyclic N) is 1. The summed E-state index contributed by atoms with van der Waals surface area (Å²) < 4.78 is 86.4. The number of nitrogens with two attached hydrogens (primary N) is 1. The number of nitrogens with one attached hydrogen (secondary N) is 8. The van der Waals surface area contributed by atoms with Crippen LogP contribution in [-0.4, -0.2) is 235 Å². The van der Waals surface area contributed by atoms with Crippen molar-refractivity contribution in [1.82, 2.24) is 66.1 Å². The average Bonchev–Trinajstić information content (AvgIpc) is 1.59. The lowest BCUT2D eigenvalue weighted by molar-refractivity contribution is -0.151. The summed E-state index contributed by atoms with van der Waals surface area (Å²) in [4.78, 5) is 178. The number of anilines is 3. The number of aryl methyl sites for hydroxylation is 2. The van der Waals surface area contributed by atoms with Crippen molar-refractivity contribution in [3.63, 3.8) is 0 Å². The lowest BCUT2D eigenvalue weighted by Crippen LogP contribution is -2.58. The van der Waals surface area contributed by atoms with Crippen LogP contribution in [0.3, 0.4) is 0 Å². The molecule has 36 nitrogen and oxygen atoms in total. The van der Waals surface area contributed by atoms with E-state index in [1.54, 1.807) is 74.9 Å². The number of fused-ring (bicyclic) bond motifs is 2. The first-order chi connectivity index (χ1) is 60.6. The van der Waals surface area contributed by atoms with Gasteiger partial charge in [0.25, 0.3) is 23.3 Å². The van der Waals surface area contributed by atoms with Crippen LogP contribution in [0.1, 0.15) is 130 Å². The summed E-state index contributed by atoms with van der Waals surface area (Å²) in [5, 5.41) is 30.9. The van der Waals surface area contributed by atoms with E-state index in [9.17, 15) is 75.4 Å². The van der Waals surface area contributed by atoms with E-state index in [2.05, 4.69) is 52.2 Å². The molecule has 11 N–H and O–H groups in total. The zero-order valence-electron chi connectivity index (χ0n) is 71.4. The minimum atomic E-state index is -3.76. The number of nitrogens with zero attached hydrogens (tertiary/aromatic N) is 7. The highest BCUT2D eigenvalue weighted by molar-refractivity contribution is 7.89. The van der Waals surface area contributed by atoms with Gasteiger partial charge in [0.2, 0.25) is 35.4 Å². The number of benzene rings is 3. The fourth-order valence-electron chi connectivity index (χ4n) is 15.8. The third-order valence-corrected chi connectivity index (χ3v) is 24.5. The smallest absolute Gasteiger partial charge is 0.410 e. The first-order valence-corrected chi connectivity index (χ1v) is 45.0. The molecule has 4 aliphatic heterocycles. The monoisotopic (exact) mass is 1800 g/mol. The Balaban J connectivity index is 0.572. The second-order valence-electron chi connectivity index (χ2n) is 33.2. The molecule has 0 unspecified atom stereocenters. The molecule has 680 valence electrons. The predicted octanol–water partition coefficient (Wildman–Crippen LogP) is 5.86. The van der Waals surface area contributed by atoms with Crippen LogP contribution in [0.5, 0.6) is 5.75 Å². The Morgan fingerprint density at radius 3 is 2.20 bits per heavy atom. The molecule has 12 rings (SSSR count). The van der Waals surface area contributed by atoms with Gasteiger partial charge in [-0.2, -0.15) is 0 Å². The fraction of sp³-hybridized carbons (Fsp3) is 0.471. The zero-order chi connectivity index (χ0) is 91.0. The normalized spacial score (nSPS) is 16.6. The number of rotatable bonds is 40. The van der Waals surface area contributed by atoms with Crippen LogP contribution in [0, 0.1) is 29.4 Å². The summed E-state index contributed by atoms with van der Waals surface area (Å²) in [5.74, 6) is -7.13. The van der Waals surface area contributed by atoms with Crippen molar-refractivity contribution < 1.29 is 98.7 Å². The van der Waals surface area contributed by atoms with Gasteiger partial charge in [0.1, 0.15) is 59.9 Å². The maximum Gasteiger partial charge on any atom is 0.410 e. The molecule has 127 heavy (non-hydrogen) atoms. The largest absolute Gasteiger partial charge is 0.490 e. The maximum absolute atomic E-state index is 15.7. The number of aromatic amines is 1. The molecule has 0 radical (unpaired) electrons. The van der Waals surface area contributed by atoms with Gasteiger partial charge < -0.3 is 96.0 Å². The molecule has 12 amide bonds. The summed E-state index contributed by atoms with van der Waals surface area (Å²) in [5.41, 5.74) is 9.54. The first kappa shape index (κ1) is 94.0. The summed E-state index contributed by atoms with van der Waals surface area (Å²) in [6, 6.07) is 11.6. The molecule has 2 saturated heterocycles. The van der Waals surface area contributed by atoms with Gasteiger partial charge in [-0.05, 0) is 110 Å². The van der Waals surface area contributed by atoms with Gasteiger partial charge in [0.05, 0.1) is 79.4 Å². The van der Waals surface area contributed by atoms with Crippen molar-refractivity contribution in [3.05, 3.63) is 152 Å². The molecule has 7 aromatic rings. The second-order valence-corrected chi connectivity index (χ2v) is 36.2. The minimum absolute atomic E-state index is 0.00184. The number of unbranched alkanes of at least 4 members (excludes halogenated alkanes) is 2. The quantitative estimate of drug-likeness (QED) is 0.0122. The lowest BCUT2D eigenvalue weighted by atomic mass is 9.67. The third kappa shape index (κ3) is 23.8. The molecular weight excluding hydrogens is 1690 g/mol. The Kier molecular flexibility index (Phi) is 31.1. The van der Waals surface area contributed by atoms with Crippen molar-refractivity contribution in [2.45, 2.75) is 154 Å². The number of carbonyl (C=O) groups excluding carboxylic acids is 11. The van der Waals surface area contributed by atoms with Gasteiger partial charge in [-0.25, -0.2) is 36.8 Å². The van der Waals surface area contributed by atoms with E-state index in [-0.39, 0.29) is 182 Å². The molecule has 0 spiro atoms. The molecule has 4 atom stereocenters. The Morgan fingerprint density at radius 2 is 1.52 bits per heavy atom. The van der Waals surface area contributed by atoms with Crippen LogP contribution < -0.4 is 58.1 Å². The van der Waals surface area contributed by atoms with Gasteiger partial charge in [-0.1, -0.05) is 51.5 Å². The zero-order valence-corrected chi connectivity index (χ0v) is 73.0. The number of halogens is 2. The Morgan fingerprint density at radius 1 is 0.803 bits per heavy atom. The number of sulfone groups is 1. The predicted molar refractivity (Wildman–Crippen MR) is 462 cm³/mol. The number of carbonyl (C=O) groups is 11. The van der Waals surface area contributed by atoms with E-state index in [4.69, 9.17) is 29.4 Å². The number of imide groups is 1. The molecule has 3 aromatic carbocycles. The van der Waals surface area contributed by atoms with E-state index >= 15 is 4.39 Å².